The number of rotatable bonds is 1. The van der Waals surface area contributed by atoms with Gasteiger partial charge in [-0.05, 0) is 12.1 Å². The molecule has 1 amide bonds. The third kappa shape index (κ3) is 1.23. The Kier molecular flexibility index (Phi) is 1.66. The number of nitrogens with zero attached hydrogens (tertiary/aromatic N) is 1. The van der Waals surface area contributed by atoms with Gasteiger partial charge in [0.1, 0.15) is 0 Å². The summed E-state index contributed by atoms with van der Waals surface area (Å²) in [6.45, 7) is 0.510. The second-order valence-electron chi connectivity index (χ2n) is 2.53. The van der Waals surface area contributed by atoms with E-state index >= 15 is 0 Å². The van der Waals surface area contributed by atoms with Gasteiger partial charge in [0.15, 0.2) is 6.10 Å². The van der Waals surface area contributed by atoms with Gasteiger partial charge in [-0.15, -0.1) is 0 Å². The number of aromatic nitrogens is 1. The zero-order valence-electron chi connectivity index (χ0n) is 6.36. The van der Waals surface area contributed by atoms with Crippen LogP contribution in [0.2, 0.25) is 0 Å². The van der Waals surface area contributed by atoms with E-state index in [1.54, 1.807) is 6.20 Å². The highest BCUT2D eigenvalue weighted by molar-refractivity contribution is 5.69. The van der Waals surface area contributed by atoms with Crippen LogP contribution < -0.4 is 5.32 Å². The van der Waals surface area contributed by atoms with E-state index in [0.717, 1.165) is 5.69 Å². The lowest BCUT2D eigenvalue weighted by molar-refractivity contribution is 0.139. The van der Waals surface area contributed by atoms with Crippen LogP contribution in [0.4, 0.5) is 4.79 Å². The molecule has 0 unspecified atom stereocenters. The van der Waals surface area contributed by atoms with Crippen molar-refractivity contribution in [3.8, 4) is 0 Å². The number of carbonyl (C=O) groups is 1. The van der Waals surface area contributed by atoms with Crippen molar-refractivity contribution >= 4 is 6.09 Å². The van der Waals surface area contributed by atoms with Crippen molar-refractivity contribution in [2.24, 2.45) is 0 Å². The van der Waals surface area contributed by atoms with Gasteiger partial charge in [-0.25, -0.2) is 4.79 Å². The van der Waals surface area contributed by atoms with E-state index in [-0.39, 0.29) is 12.2 Å². The molecular formula is C8H8N2O2. The third-order valence-electron chi connectivity index (χ3n) is 1.70. The number of alkyl carbamates (subject to hydrolysis) is 1. The molecule has 1 aliphatic heterocycles. The minimum atomic E-state index is -0.370. The smallest absolute Gasteiger partial charge is 0.408 e. The molecule has 1 fully saturated rings. The number of cyclic esters (lactones) is 1. The highest BCUT2D eigenvalue weighted by Crippen LogP contribution is 2.17. The molecule has 0 aliphatic carbocycles. The van der Waals surface area contributed by atoms with E-state index in [4.69, 9.17) is 4.74 Å². The van der Waals surface area contributed by atoms with Crippen LogP contribution in [0.1, 0.15) is 11.8 Å². The maximum atomic E-state index is 10.7. The first-order valence-corrected chi connectivity index (χ1v) is 3.71. The van der Waals surface area contributed by atoms with Gasteiger partial charge in [-0.2, -0.15) is 0 Å². The third-order valence-corrected chi connectivity index (χ3v) is 1.70. The number of carbonyl (C=O) groups excluding carboxylic acids is 1. The van der Waals surface area contributed by atoms with Gasteiger partial charge in [0.05, 0.1) is 12.2 Å². The van der Waals surface area contributed by atoms with Crippen molar-refractivity contribution < 1.29 is 9.53 Å². The van der Waals surface area contributed by atoms with Crippen molar-refractivity contribution in [1.29, 1.82) is 0 Å². The lowest BCUT2D eigenvalue weighted by atomic mass is 10.2. The number of amides is 1. The van der Waals surface area contributed by atoms with Gasteiger partial charge >= 0.3 is 6.09 Å². The molecule has 4 nitrogen and oxygen atoms in total. The summed E-state index contributed by atoms with van der Waals surface area (Å²) in [4.78, 5) is 14.7. The quantitative estimate of drug-likeness (QED) is 0.669. The van der Waals surface area contributed by atoms with Crippen LogP contribution in [0.25, 0.3) is 0 Å². The minimum absolute atomic E-state index is 0.223. The standard InChI is InChI=1S/C8H8N2O2/c11-8-10-5-7(12-8)6-3-1-2-4-9-6/h1-4,7H,5H2,(H,10,11)/t7-/m1/s1. The predicted octanol–water partition coefficient (Wildman–Crippen LogP) is 0.863. The first-order chi connectivity index (χ1) is 5.86. The molecule has 1 aromatic rings. The highest BCUT2D eigenvalue weighted by atomic mass is 16.6. The fourth-order valence-corrected chi connectivity index (χ4v) is 1.12. The summed E-state index contributed by atoms with van der Waals surface area (Å²) in [7, 11) is 0. The van der Waals surface area contributed by atoms with Crippen LogP contribution in [0.15, 0.2) is 24.4 Å². The molecule has 0 radical (unpaired) electrons. The SMILES string of the molecule is O=C1NC[C@H](c2ccccn2)O1. The van der Waals surface area contributed by atoms with Gasteiger partial charge in [0, 0.05) is 6.20 Å². The van der Waals surface area contributed by atoms with Gasteiger partial charge < -0.3 is 10.1 Å². The van der Waals surface area contributed by atoms with E-state index < -0.39 is 0 Å². The van der Waals surface area contributed by atoms with E-state index in [9.17, 15) is 4.79 Å². The van der Waals surface area contributed by atoms with E-state index in [0.29, 0.717) is 6.54 Å². The number of pyridine rings is 1. The van der Waals surface area contributed by atoms with Crippen molar-refractivity contribution in [3.63, 3.8) is 0 Å². The van der Waals surface area contributed by atoms with Gasteiger partial charge in [0.2, 0.25) is 0 Å². The van der Waals surface area contributed by atoms with Crippen LogP contribution in [-0.4, -0.2) is 17.6 Å². The number of hydrogen-bond donors (Lipinski definition) is 1. The highest BCUT2D eigenvalue weighted by Gasteiger charge is 2.24. The molecule has 62 valence electrons. The Morgan fingerprint density at radius 3 is 3.08 bits per heavy atom. The maximum Gasteiger partial charge on any atom is 0.408 e. The average molecular weight is 164 g/mol. The molecule has 1 saturated heterocycles. The number of nitrogens with one attached hydrogen (secondary N) is 1. The zero-order chi connectivity index (χ0) is 8.39. The molecule has 4 heteroatoms. The first kappa shape index (κ1) is 7.09. The zero-order valence-corrected chi connectivity index (χ0v) is 6.36. The monoisotopic (exact) mass is 164 g/mol. The van der Waals surface area contributed by atoms with Crippen LogP contribution in [0.5, 0.6) is 0 Å². The fraction of sp³-hybridized carbons (Fsp3) is 0.250. The molecule has 12 heavy (non-hydrogen) atoms. The Balaban J connectivity index is 2.16. The predicted molar refractivity (Wildman–Crippen MR) is 41.5 cm³/mol. The summed E-state index contributed by atoms with van der Waals surface area (Å²) < 4.78 is 4.93. The Morgan fingerprint density at radius 1 is 1.58 bits per heavy atom. The fourth-order valence-electron chi connectivity index (χ4n) is 1.12. The summed E-state index contributed by atoms with van der Waals surface area (Å²) in [5, 5.41) is 2.57. The molecule has 2 heterocycles. The summed E-state index contributed by atoms with van der Waals surface area (Å²) in [5.41, 5.74) is 0.788. The second-order valence-corrected chi connectivity index (χ2v) is 2.53. The van der Waals surface area contributed by atoms with Gasteiger partial charge in [0.25, 0.3) is 0 Å². The topological polar surface area (TPSA) is 51.2 Å². The molecule has 1 N–H and O–H groups in total. The number of ether oxygens (including phenoxy) is 1. The van der Waals surface area contributed by atoms with Gasteiger partial charge in [-0.3, -0.25) is 4.98 Å². The number of hydrogen-bond acceptors (Lipinski definition) is 3. The molecule has 0 aromatic carbocycles. The van der Waals surface area contributed by atoms with Crippen molar-refractivity contribution in [2.45, 2.75) is 6.10 Å². The minimum Gasteiger partial charge on any atom is -0.438 e. The van der Waals surface area contributed by atoms with Crippen molar-refractivity contribution in [3.05, 3.63) is 30.1 Å². The van der Waals surface area contributed by atoms with Crippen LogP contribution in [0, 0.1) is 0 Å². The first-order valence-electron chi connectivity index (χ1n) is 3.71. The van der Waals surface area contributed by atoms with Crippen LogP contribution >= 0.6 is 0 Å². The average Bonchev–Trinajstić information content (AvgIpc) is 2.54. The molecule has 0 saturated carbocycles. The van der Waals surface area contributed by atoms with E-state index in [2.05, 4.69) is 10.3 Å². The van der Waals surface area contributed by atoms with Crippen molar-refractivity contribution in [1.82, 2.24) is 10.3 Å². The summed E-state index contributed by atoms with van der Waals surface area (Å²) in [5.74, 6) is 0. The van der Waals surface area contributed by atoms with E-state index in [1.165, 1.54) is 0 Å². The van der Waals surface area contributed by atoms with Crippen LogP contribution in [0.3, 0.4) is 0 Å². The molecule has 0 spiro atoms. The largest absolute Gasteiger partial charge is 0.438 e. The Labute approximate surface area is 69.6 Å². The van der Waals surface area contributed by atoms with Crippen molar-refractivity contribution in [2.75, 3.05) is 6.54 Å². The lowest BCUT2D eigenvalue weighted by Gasteiger charge is -2.04. The molecule has 1 aliphatic rings. The molecule has 1 aromatic heterocycles. The summed E-state index contributed by atoms with van der Waals surface area (Å²) in [6.07, 6.45) is 1.09. The molecular weight excluding hydrogens is 156 g/mol. The van der Waals surface area contributed by atoms with Gasteiger partial charge in [-0.1, -0.05) is 6.07 Å². The Morgan fingerprint density at radius 2 is 2.50 bits per heavy atom. The van der Waals surface area contributed by atoms with E-state index in [1.807, 2.05) is 18.2 Å². The second kappa shape index (κ2) is 2.81. The molecule has 0 bridgehead atoms. The molecule has 2 rings (SSSR count). The maximum absolute atomic E-state index is 10.7. The lowest BCUT2D eigenvalue weighted by Crippen LogP contribution is -2.12. The normalized spacial score (nSPS) is 21.7. The molecule has 1 atom stereocenters. The van der Waals surface area contributed by atoms with Crippen LogP contribution in [-0.2, 0) is 4.74 Å². The summed E-state index contributed by atoms with van der Waals surface area (Å²) in [6, 6.07) is 5.53. The summed E-state index contributed by atoms with van der Waals surface area (Å²) >= 11 is 0. The Hall–Kier alpha value is -1.58. The Bertz CT molecular complexity index is 286.